The van der Waals surface area contributed by atoms with Gasteiger partial charge < -0.3 is 10.0 Å². The number of aliphatic hydroxyl groups excluding tert-OH is 1. The number of halogens is 3. The summed E-state index contributed by atoms with van der Waals surface area (Å²) in [7, 11) is 3.36. The van der Waals surface area contributed by atoms with Gasteiger partial charge in [0.05, 0.1) is 6.54 Å². The van der Waals surface area contributed by atoms with E-state index >= 15 is 0 Å². The van der Waals surface area contributed by atoms with Crippen LogP contribution < -0.4 is 0 Å². The van der Waals surface area contributed by atoms with Gasteiger partial charge in [-0.25, -0.2) is 0 Å². The van der Waals surface area contributed by atoms with Crippen molar-refractivity contribution in [1.82, 2.24) is 14.7 Å². The number of hydrogen-bond acceptors (Lipinski definition) is 4. The van der Waals surface area contributed by atoms with E-state index in [1.165, 1.54) is 12.6 Å². The number of likely N-dealkylation sites (N-methyl/N-ethyl adjacent to an activating group) is 1. The number of likely N-dealkylation sites (tertiary alicyclic amines) is 1. The molecule has 1 fully saturated rings. The van der Waals surface area contributed by atoms with E-state index in [1.807, 2.05) is 7.05 Å². The van der Waals surface area contributed by atoms with Crippen molar-refractivity contribution in [2.45, 2.75) is 37.8 Å². The second kappa shape index (κ2) is 6.64. The molecule has 0 bridgehead atoms. The number of hydrogen-bond donors (Lipinski definition) is 1. The van der Waals surface area contributed by atoms with Crippen molar-refractivity contribution < 1.29 is 18.3 Å². The molecule has 0 radical (unpaired) electrons. The fourth-order valence-corrected chi connectivity index (χ4v) is 3.17. The summed E-state index contributed by atoms with van der Waals surface area (Å²) < 4.78 is 37.4. The monoisotopic (exact) mass is 307 g/mol. The molecule has 0 amide bonds. The van der Waals surface area contributed by atoms with Gasteiger partial charge in [-0.1, -0.05) is 11.6 Å². The summed E-state index contributed by atoms with van der Waals surface area (Å²) in [6.07, 6.45) is -0.574. The second-order valence-corrected chi connectivity index (χ2v) is 6.06. The zero-order chi connectivity index (χ0) is 15.6. The van der Waals surface area contributed by atoms with Gasteiger partial charge in [0.1, 0.15) is 0 Å². The van der Waals surface area contributed by atoms with Crippen LogP contribution >= 0.6 is 0 Å². The van der Waals surface area contributed by atoms with E-state index < -0.39 is 19.1 Å². The van der Waals surface area contributed by atoms with E-state index in [-0.39, 0.29) is 6.04 Å². The predicted molar refractivity (Wildman–Crippen MR) is 74.6 cm³/mol. The van der Waals surface area contributed by atoms with Crippen molar-refractivity contribution >= 4 is 0 Å². The largest absolute Gasteiger partial charge is 0.401 e. The summed E-state index contributed by atoms with van der Waals surface area (Å²) in [5, 5.41) is 10.2. The lowest BCUT2D eigenvalue weighted by Crippen LogP contribution is -2.52. The van der Waals surface area contributed by atoms with Gasteiger partial charge >= 0.3 is 6.18 Å². The minimum absolute atomic E-state index is 0.0735. The molecule has 2 rings (SSSR count). The normalized spacial score (nSPS) is 27.2. The summed E-state index contributed by atoms with van der Waals surface area (Å²) >= 11 is 0. The molecule has 0 aromatic rings. The first kappa shape index (κ1) is 16.7. The van der Waals surface area contributed by atoms with Gasteiger partial charge in [-0.2, -0.15) is 13.2 Å². The Morgan fingerprint density at radius 3 is 2.71 bits per heavy atom. The molecule has 0 saturated carbocycles. The van der Waals surface area contributed by atoms with Gasteiger partial charge in [0, 0.05) is 25.7 Å². The number of nitrogens with zero attached hydrogens (tertiary/aromatic N) is 3. The Morgan fingerprint density at radius 2 is 2.14 bits per heavy atom. The highest BCUT2D eigenvalue weighted by molar-refractivity contribution is 5.16. The summed E-state index contributed by atoms with van der Waals surface area (Å²) in [5.41, 5.74) is 1.25. The zero-order valence-corrected chi connectivity index (χ0v) is 12.6. The Kier molecular flexibility index (Phi) is 5.29. The van der Waals surface area contributed by atoms with E-state index in [9.17, 15) is 18.3 Å². The van der Waals surface area contributed by atoms with Crippen LogP contribution in [0.15, 0.2) is 11.6 Å². The molecule has 1 saturated heterocycles. The number of rotatable bonds is 4. The van der Waals surface area contributed by atoms with E-state index in [4.69, 9.17) is 0 Å². The third-order valence-corrected chi connectivity index (χ3v) is 4.29. The standard InChI is InChI=1S/C14H24F3N3O/c1-18-8-5-11(6-9-18)12-4-3-7-20(12)13(21)19(2)10-14(15,16)17/h5,12-13,21H,3-4,6-10H2,1-2H3/t12-,13?/m0/s1. The summed E-state index contributed by atoms with van der Waals surface area (Å²) in [6.45, 7) is 1.37. The highest BCUT2D eigenvalue weighted by Gasteiger charge is 2.38. The van der Waals surface area contributed by atoms with Gasteiger partial charge in [-0.3, -0.25) is 9.80 Å². The minimum Gasteiger partial charge on any atom is -0.365 e. The first-order valence-electron chi connectivity index (χ1n) is 7.36. The second-order valence-electron chi connectivity index (χ2n) is 6.06. The smallest absolute Gasteiger partial charge is 0.365 e. The van der Waals surface area contributed by atoms with Gasteiger partial charge in [-0.05, 0) is 33.4 Å². The maximum absolute atomic E-state index is 12.5. The van der Waals surface area contributed by atoms with Crippen molar-refractivity contribution in [2.24, 2.45) is 0 Å². The fraction of sp³-hybridized carbons (Fsp3) is 0.857. The average Bonchev–Trinajstić information content (AvgIpc) is 2.85. The molecule has 1 N–H and O–H groups in total. The Labute approximate surface area is 123 Å². The van der Waals surface area contributed by atoms with Crippen LogP contribution in [0.2, 0.25) is 0 Å². The lowest BCUT2D eigenvalue weighted by Gasteiger charge is -2.37. The first-order chi connectivity index (χ1) is 9.78. The summed E-state index contributed by atoms with van der Waals surface area (Å²) in [6, 6.07) is 0.0735. The Morgan fingerprint density at radius 1 is 1.43 bits per heavy atom. The van der Waals surface area contributed by atoms with E-state index in [0.717, 1.165) is 37.3 Å². The zero-order valence-electron chi connectivity index (χ0n) is 12.6. The van der Waals surface area contributed by atoms with Gasteiger partial charge in [-0.15, -0.1) is 0 Å². The van der Waals surface area contributed by atoms with E-state index in [2.05, 4.69) is 11.0 Å². The lowest BCUT2D eigenvalue weighted by atomic mass is 9.98. The van der Waals surface area contributed by atoms with Gasteiger partial charge in [0.25, 0.3) is 0 Å². The van der Waals surface area contributed by atoms with Crippen molar-refractivity contribution in [3.8, 4) is 0 Å². The molecular weight excluding hydrogens is 283 g/mol. The SMILES string of the molecule is CN1CC=C([C@@H]2CCCN2C(O)N(C)CC(F)(F)F)CC1. The van der Waals surface area contributed by atoms with Crippen LogP contribution in [0.3, 0.4) is 0 Å². The highest BCUT2D eigenvalue weighted by atomic mass is 19.4. The predicted octanol–water partition coefficient (Wildman–Crippen LogP) is 1.48. The summed E-state index contributed by atoms with van der Waals surface area (Å²) in [4.78, 5) is 4.96. The molecule has 2 heterocycles. The minimum atomic E-state index is -4.29. The molecule has 2 aliphatic heterocycles. The van der Waals surface area contributed by atoms with Crippen LogP contribution in [0.1, 0.15) is 19.3 Å². The maximum atomic E-state index is 12.5. The molecule has 2 atom stereocenters. The van der Waals surface area contributed by atoms with Crippen LogP contribution in [0.4, 0.5) is 13.2 Å². The van der Waals surface area contributed by atoms with Crippen LogP contribution in [0, 0.1) is 0 Å². The Bertz CT molecular complexity index is 386. The Hall–Kier alpha value is -0.630. The van der Waals surface area contributed by atoms with Crippen molar-refractivity contribution in [1.29, 1.82) is 0 Å². The highest BCUT2D eigenvalue weighted by Crippen LogP contribution is 2.30. The van der Waals surface area contributed by atoms with Gasteiger partial charge in [0.15, 0.2) is 6.35 Å². The quantitative estimate of drug-likeness (QED) is 0.629. The fourth-order valence-electron chi connectivity index (χ4n) is 3.17. The van der Waals surface area contributed by atoms with Crippen LogP contribution in [0.5, 0.6) is 0 Å². The first-order valence-corrected chi connectivity index (χ1v) is 7.36. The molecule has 2 aliphatic rings. The molecule has 7 heteroatoms. The number of alkyl halides is 3. The molecule has 0 aliphatic carbocycles. The Balaban J connectivity index is 2.01. The van der Waals surface area contributed by atoms with Gasteiger partial charge in [0.2, 0.25) is 0 Å². The molecule has 0 spiro atoms. The average molecular weight is 307 g/mol. The third kappa shape index (κ3) is 4.42. The maximum Gasteiger partial charge on any atom is 0.401 e. The molecule has 0 aromatic carbocycles. The van der Waals surface area contributed by atoms with E-state index in [1.54, 1.807) is 4.90 Å². The molecular formula is C14H24F3N3O. The lowest BCUT2D eigenvalue weighted by molar-refractivity contribution is -0.186. The van der Waals surface area contributed by atoms with Crippen molar-refractivity contribution in [2.75, 3.05) is 40.3 Å². The van der Waals surface area contributed by atoms with Crippen LogP contribution in [-0.4, -0.2) is 78.7 Å². The molecule has 4 nitrogen and oxygen atoms in total. The molecule has 1 unspecified atom stereocenters. The molecule has 21 heavy (non-hydrogen) atoms. The van der Waals surface area contributed by atoms with Crippen molar-refractivity contribution in [3.05, 3.63) is 11.6 Å². The number of aliphatic hydroxyl groups is 1. The third-order valence-electron chi connectivity index (χ3n) is 4.29. The van der Waals surface area contributed by atoms with Crippen LogP contribution in [0.25, 0.3) is 0 Å². The molecule has 122 valence electrons. The molecule has 0 aromatic heterocycles. The van der Waals surface area contributed by atoms with E-state index in [0.29, 0.717) is 6.54 Å². The summed E-state index contributed by atoms with van der Waals surface area (Å²) in [5.74, 6) is 0. The topological polar surface area (TPSA) is 30.0 Å². The van der Waals surface area contributed by atoms with Crippen molar-refractivity contribution in [3.63, 3.8) is 0 Å². The van der Waals surface area contributed by atoms with Crippen LogP contribution in [-0.2, 0) is 0 Å².